The van der Waals surface area contributed by atoms with Crippen molar-refractivity contribution >= 4 is 11.9 Å². The number of benzene rings is 1. The number of aromatic nitrogens is 2. The third kappa shape index (κ3) is 4.78. The van der Waals surface area contributed by atoms with Crippen molar-refractivity contribution in [3.05, 3.63) is 24.4 Å². The molecule has 8 nitrogen and oxygen atoms in total. The van der Waals surface area contributed by atoms with E-state index in [2.05, 4.69) is 9.97 Å². The Kier molecular flexibility index (Phi) is 7.41. The minimum absolute atomic E-state index is 0.126. The Bertz CT molecular complexity index is 1080. The van der Waals surface area contributed by atoms with Crippen molar-refractivity contribution in [2.24, 2.45) is 0 Å². The lowest BCUT2D eigenvalue weighted by molar-refractivity contribution is -0.346. The zero-order valence-corrected chi connectivity index (χ0v) is 19.2. The fourth-order valence-corrected chi connectivity index (χ4v) is 3.51. The van der Waals surface area contributed by atoms with Crippen LogP contribution in [0.25, 0.3) is 11.3 Å². The van der Waals surface area contributed by atoms with E-state index in [9.17, 15) is 35.5 Å². The summed E-state index contributed by atoms with van der Waals surface area (Å²) in [6, 6.07) is 4.84. The number of rotatable bonds is 7. The second-order valence-electron chi connectivity index (χ2n) is 7.58. The van der Waals surface area contributed by atoms with Gasteiger partial charge in [-0.25, -0.2) is 9.97 Å². The minimum atomic E-state index is -6.59. The number of nitrogens with zero attached hydrogens (tertiary/aromatic N) is 4. The molecule has 0 spiro atoms. The maximum atomic E-state index is 13.8. The van der Waals surface area contributed by atoms with E-state index in [0.717, 1.165) is 0 Å². The number of amides is 1. The zero-order valence-electron chi connectivity index (χ0n) is 19.2. The predicted octanol–water partition coefficient (Wildman–Crippen LogP) is 3.65. The van der Waals surface area contributed by atoms with Gasteiger partial charge >= 0.3 is 18.0 Å². The number of alkyl halides is 7. The average molecular weight is 526 g/mol. The van der Waals surface area contributed by atoms with E-state index < -0.39 is 37.0 Å². The molecule has 2 heterocycles. The van der Waals surface area contributed by atoms with E-state index in [-0.39, 0.29) is 23.9 Å². The molecule has 0 bridgehead atoms. The molecule has 198 valence electrons. The van der Waals surface area contributed by atoms with Gasteiger partial charge < -0.3 is 24.0 Å². The van der Waals surface area contributed by atoms with E-state index in [4.69, 9.17) is 14.2 Å². The molecule has 15 heteroatoms. The van der Waals surface area contributed by atoms with Crippen molar-refractivity contribution in [3.8, 4) is 28.5 Å². The van der Waals surface area contributed by atoms with E-state index >= 15 is 0 Å². The summed E-state index contributed by atoms with van der Waals surface area (Å²) in [6.07, 6.45) is -5.18. The summed E-state index contributed by atoms with van der Waals surface area (Å²) in [4.78, 5) is 22.1. The normalized spacial score (nSPS) is 15.1. The Balaban J connectivity index is 1.78. The van der Waals surface area contributed by atoms with Gasteiger partial charge in [-0.05, 0) is 18.2 Å². The highest BCUT2D eigenvalue weighted by Crippen LogP contribution is 2.47. The molecule has 1 amide bonds. The second-order valence-corrected chi connectivity index (χ2v) is 7.58. The highest BCUT2D eigenvalue weighted by molar-refractivity contribution is 5.85. The Morgan fingerprint density at radius 3 is 1.92 bits per heavy atom. The Hall–Kier alpha value is -3.52. The number of anilines is 1. The molecule has 1 aromatic heterocycles. The quantitative estimate of drug-likeness (QED) is 0.510. The van der Waals surface area contributed by atoms with Crippen LogP contribution in [0, 0.1) is 0 Å². The van der Waals surface area contributed by atoms with Crippen LogP contribution in [-0.2, 0) is 4.79 Å². The lowest BCUT2D eigenvalue weighted by atomic mass is 10.1. The summed E-state index contributed by atoms with van der Waals surface area (Å²) < 4.78 is 107. The van der Waals surface area contributed by atoms with Crippen LogP contribution in [0.3, 0.4) is 0 Å². The van der Waals surface area contributed by atoms with Crippen LogP contribution in [0.2, 0.25) is 0 Å². The van der Waals surface area contributed by atoms with Crippen molar-refractivity contribution in [2.75, 3.05) is 52.4 Å². The number of ether oxygens (including phenoxy) is 3. The van der Waals surface area contributed by atoms with Gasteiger partial charge in [0.05, 0.1) is 27.0 Å². The fraction of sp³-hybridized carbons (Fsp3) is 0.476. The van der Waals surface area contributed by atoms with Crippen molar-refractivity contribution in [1.82, 2.24) is 14.9 Å². The molecule has 1 fully saturated rings. The van der Waals surface area contributed by atoms with Gasteiger partial charge in [-0.1, -0.05) is 0 Å². The first-order valence-corrected chi connectivity index (χ1v) is 10.3. The molecule has 3 rings (SSSR count). The minimum Gasteiger partial charge on any atom is -0.493 e. The van der Waals surface area contributed by atoms with Gasteiger partial charge in [0.1, 0.15) is 0 Å². The Morgan fingerprint density at radius 2 is 1.44 bits per heavy atom. The molecule has 0 N–H and O–H groups in total. The van der Waals surface area contributed by atoms with Gasteiger partial charge in [0.25, 0.3) is 5.91 Å². The monoisotopic (exact) mass is 526 g/mol. The Morgan fingerprint density at radius 1 is 0.889 bits per heavy atom. The summed E-state index contributed by atoms with van der Waals surface area (Å²) in [5, 5.41) is 0. The van der Waals surface area contributed by atoms with Gasteiger partial charge in [-0.2, -0.15) is 30.7 Å². The van der Waals surface area contributed by atoms with Crippen LogP contribution < -0.4 is 19.1 Å². The van der Waals surface area contributed by atoms with E-state index in [1.54, 1.807) is 18.2 Å². The van der Waals surface area contributed by atoms with E-state index in [1.807, 2.05) is 0 Å². The van der Waals surface area contributed by atoms with Gasteiger partial charge in [0, 0.05) is 37.9 Å². The van der Waals surface area contributed by atoms with Crippen LogP contribution in [0.4, 0.5) is 36.7 Å². The lowest BCUT2D eigenvalue weighted by Crippen LogP contribution is -2.62. The molecule has 1 saturated heterocycles. The highest BCUT2D eigenvalue weighted by Gasteiger charge is 2.76. The maximum absolute atomic E-state index is 13.8. The smallest absolute Gasteiger partial charge is 0.460 e. The largest absolute Gasteiger partial charge is 0.493 e. The summed E-state index contributed by atoms with van der Waals surface area (Å²) in [6.45, 7) is -1.45. The summed E-state index contributed by atoms with van der Waals surface area (Å²) in [5.41, 5.74) is 0.963. The maximum Gasteiger partial charge on any atom is 0.460 e. The van der Waals surface area contributed by atoms with Crippen molar-refractivity contribution < 1.29 is 49.7 Å². The molecule has 1 aliphatic rings. The first-order valence-electron chi connectivity index (χ1n) is 10.3. The van der Waals surface area contributed by atoms with Gasteiger partial charge in [-0.3, -0.25) is 4.79 Å². The van der Waals surface area contributed by atoms with Gasteiger partial charge in [0.15, 0.2) is 11.5 Å². The standard InChI is InChI=1S/C21H21F7N4O4/c1-34-14-10-12(11-15(35-2)16(14)36-3)13-4-5-29-18(30-13)32-8-6-31(7-9-32)17(33)19(22,23)20(24,25)21(26,27)28/h4-5,10-11H,6-9H2,1-3H3. The molecular weight excluding hydrogens is 505 g/mol. The molecule has 1 aromatic carbocycles. The number of carbonyl (C=O) groups is 1. The molecule has 2 aromatic rings. The summed E-state index contributed by atoms with van der Waals surface area (Å²) in [5.74, 6) is -13.9. The number of halogens is 7. The van der Waals surface area contributed by atoms with Crippen LogP contribution in [0.1, 0.15) is 0 Å². The van der Waals surface area contributed by atoms with E-state index in [0.29, 0.717) is 28.5 Å². The molecule has 1 aliphatic heterocycles. The fourth-order valence-electron chi connectivity index (χ4n) is 3.51. The first-order chi connectivity index (χ1) is 16.8. The van der Waals surface area contributed by atoms with Crippen LogP contribution in [0.15, 0.2) is 24.4 Å². The summed E-state index contributed by atoms with van der Waals surface area (Å²) in [7, 11) is 4.30. The van der Waals surface area contributed by atoms with Crippen molar-refractivity contribution in [3.63, 3.8) is 0 Å². The van der Waals surface area contributed by atoms with Crippen LogP contribution >= 0.6 is 0 Å². The summed E-state index contributed by atoms with van der Waals surface area (Å²) >= 11 is 0. The lowest BCUT2D eigenvalue weighted by Gasteiger charge is -2.37. The molecule has 0 unspecified atom stereocenters. The molecule has 0 radical (unpaired) electrons. The molecule has 36 heavy (non-hydrogen) atoms. The Labute approximate surface area is 200 Å². The molecule has 0 atom stereocenters. The third-order valence-electron chi connectivity index (χ3n) is 5.47. The molecule has 0 saturated carbocycles. The topological polar surface area (TPSA) is 77.0 Å². The average Bonchev–Trinajstić information content (AvgIpc) is 2.86. The number of hydrogen-bond acceptors (Lipinski definition) is 7. The van der Waals surface area contributed by atoms with Gasteiger partial charge in [-0.15, -0.1) is 0 Å². The predicted molar refractivity (Wildman–Crippen MR) is 112 cm³/mol. The molecule has 0 aliphatic carbocycles. The number of methoxy groups -OCH3 is 3. The highest BCUT2D eigenvalue weighted by atomic mass is 19.4. The van der Waals surface area contributed by atoms with Gasteiger partial charge in [0.2, 0.25) is 11.7 Å². The van der Waals surface area contributed by atoms with Crippen LogP contribution in [0.5, 0.6) is 17.2 Å². The van der Waals surface area contributed by atoms with Crippen molar-refractivity contribution in [2.45, 2.75) is 18.0 Å². The third-order valence-corrected chi connectivity index (χ3v) is 5.47. The van der Waals surface area contributed by atoms with E-state index in [1.165, 1.54) is 32.4 Å². The number of hydrogen-bond donors (Lipinski definition) is 0. The van der Waals surface area contributed by atoms with Crippen LogP contribution in [-0.4, -0.2) is 86.3 Å². The first kappa shape index (κ1) is 27.1. The SMILES string of the molecule is COc1cc(-c2ccnc(N3CCN(C(=O)C(F)(F)C(F)(F)C(F)(F)F)CC3)n2)cc(OC)c1OC. The number of carbonyl (C=O) groups excluding carboxylic acids is 1. The molecular formula is C21H21F7N4O4. The second kappa shape index (κ2) is 9.85. The zero-order chi connectivity index (χ0) is 26.9. The van der Waals surface area contributed by atoms with Crippen molar-refractivity contribution in [1.29, 1.82) is 0 Å². The number of piperazine rings is 1.